The van der Waals surface area contributed by atoms with E-state index in [0.29, 0.717) is 6.04 Å². The van der Waals surface area contributed by atoms with Gasteiger partial charge in [0.05, 0.1) is 7.11 Å². The lowest BCUT2D eigenvalue weighted by Crippen LogP contribution is -2.18. The van der Waals surface area contributed by atoms with Crippen LogP contribution < -0.4 is 10.1 Å². The molecular formula is C15H21NO. The third-order valence-electron chi connectivity index (χ3n) is 4.17. The van der Waals surface area contributed by atoms with Crippen molar-refractivity contribution in [1.29, 1.82) is 0 Å². The van der Waals surface area contributed by atoms with E-state index >= 15 is 0 Å². The molecule has 17 heavy (non-hydrogen) atoms. The SMILES string of the molecule is COc1ccc2c(c1[C@@H]1CCCN1)CCCC2. The maximum atomic E-state index is 5.58. The Labute approximate surface area is 103 Å². The molecule has 1 heterocycles. The first-order chi connectivity index (χ1) is 8.40. The van der Waals surface area contributed by atoms with Gasteiger partial charge in [-0.15, -0.1) is 0 Å². The Bertz CT molecular complexity index is 408. The van der Waals surface area contributed by atoms with Gasteiger partial charge in [0.25, 0.3) is 0 Å². The van der Waals surface area contributed by atoms with Crippen LogP contribution in [-0.4, -0.2) is 13.7 Å². The Morgan fingerprint density at radius 1 is 1.18 bits per heavy atom. The molecule has 0 aromatic heterocycles. The van der Waals surface area contributed by atoms with Gasteiger partial charge in [-0.25, -0.2) is 0 Å². The Kier molecular flexibility index (Phi) is 3.06. The molecule has 0 radical (unpaired) electrons. The fraction of sp³-hybridized carbons (Fsp3) is 0.600. The highest BCUT2D eigenvalue weighted by molar-refractivity contribution is 5.48. The van der Waals surface area contributed by atoms with Gasteiger partial charge >= 0.3 is 0 Å². The van der Waals surface area contributed by atoms with Gasteiger partial charge in [0, 0.05) is 11.6 Å². The van der Waals surface area contributed by atoms with Gasteiger partial charge in [-0.1, -0.05) is 6.07 Å². The average molecular weight is 231 g/mol. The van der Waals surface area contributed by atoms with Crippen LogP contribution in [0.1, 0.15) is 48.4 Å². The summed E-state index contributed by atoms with van der Waals surface area (Å²) in [6, 6.07) is 4.96. The van der Waals surface area contributed by atoms with Crippen molar-refractivity contribution in [3.05, 3.63) is 28.8 Å². The van der Waals surface area contributed by atoms with Gasteiger partial charge < -0.3 is 10.1 Å². The Balaban J connectivity index is 2.07. The van der Waals surface area contributed by atoms with Crippen LogP contribution in [0.25, 0.3) is 0 Å². The summed E-state index contributed by atoms with van der Waals surface area (Å²) in [6.45, 7) is 1.15. The molecule has 1 N–H and O–H groups in total. The zero-order valence-corrected chi connectivity index (χ0v) is 10.6. The molecule has 0 spiro atoms. The quantitative estimate of drug-likeness (QED) is 0.845. The van der Waals surface area contributed by atoms with Gasteiger partial charge in [0.15, 0.2) is 0 Å². The minimum atomic E-state index is 0.526. The molecule has 2 aliphatic rings. The summed E-state index contributed by atoms with van der Waals surface area (Å²) >= 11 is 0. The number of nitrogens with one attached hydrogen (secondary N) is 1. The van der Waals surface area contributed by atoms with Crippen molar-refractivity contribution in [3.8, 4) is 5.75 Å². The predicted octanol–water partition coefficient (Wildman–Crippen LogP) is 3.00. The molecule has 0 unspecified atom stereocenters. The first kappa shape index (κ1) is 11.1. The highest BCUT2D eigenvalue weighted by atomic mass is 16.5. The van der Waals surface area contributed by atoms with Crippen LogP contribution in [0.2, 0.25) is 0 Å². The van der Waals surface area contributed by atoms with Gasteiger partial charge in [-0.05, 0) is 62.3 Å². The summed E-state index contributed by atoms with van der Waals surface area (Å²) in [6.07, 6.45) is 7.71. The Hall–Kier alpha value is -1.02. The first-order valence-corrected chi connectivity index (χ1v) is 6.82. The third kappa shape index (κ3) is 1.95. The van der Waals surface area contributed by atoms with E-state index in [1.54, 1.807) is 18.2 Å². The zero-order chi connectivity index (χ0) is 11.7. The van der Waals surface area contributed by atoms with Crippen LogP contribution in [-0.2, 0) is 12.8 Å². The number of ether oxygens (including phenoxy) is 1. The van der Waals surface area contributed by atoms with E-state index in [2.05, 4.69) is 17.4 Å². The van der Waals surface area contributed by atoms with E-state index in [-0.39, 0.29) is 0 Å². The zero-order valence-electron chi connectivity index (χ0n) is 10.6. The monoisotopic (exact) mass is 231 g/mol. The molecule has 0 amide bonds. The molecule has 1 atom stereocenters. The van der Waals surface area contributed by atoms with Crippen LogP contribution in [0.15, 0.2) is 12.1 Å². The van der Waals surface area contributed by atoms with Gasteiger partial charge in [-0.2, -0.15) is 0 Å². The van der Waals surface area contributed by atoms with Gasteiger partial charge in [0.2, 0.25) is 0 Å². The Morgan fingerprint density at radius 2 is 2.06 bits per heavy atom. The minimum Gasteiger partial charge on any atom is -0.496 e. The van der Waals surface area contributed by atoms with Crippen LogP contribution >= 0.6 is 0 Å². The molecule has 1 aromatic rings. The molecule has 0 bridgehead atoms. The fourth-order valence-electron chi connectivity index (χ4n) is 3.33. The highest BCUT2D eigenvalue weighted by Gasteiger charge is 2.25. The summed E-state index contributed by atoms with van der Waals surface area (Å²) in [4.78, 5) is 0. The van der Waals surface area contributed by atoms with Crippen molar-refractivity contribution in [3.63, 3.8) is 0 Å². The van der Waals surface area contributed by atoms with Gasteiger partial charge in [0.1, 0.15) is 5.75 Å². The van der Waals surface area contributed by atoms with Crippen molar-refractivity contribution in [2.45, 2.75) is 44.6 Å². The number of aryl methyl sites for hydroxylation is 1. The van der Waals surface area contributed by atoms with E-state index in [1.165, 1.54) is 44.1 Å². The molecule has 1 aliphatic carbocycles. The van der Waals surface area contributed by atoms with E-state index < -0.39 is 0 Å². The first-order valence-electron chi connectivity index (χ1n) is 6.82. The maximum absolute atomic E-state index is 5.58. The predicted molar refractivity (Wildman–Crippen MR) is 69.6 cm³/mol. The highest BCUT2D eigenvalue weighted by Crippen LogP contribution is 2.38. The second kappa shape index (κ2) is 4.69. The molecule has 2 nitrogen and oxygen atoms in total. The Morgan fingerprint density at radius 3 is 2.82 bits per heavy atom. The average Bonchev–Trinajstić information content (AvgIpc) is 2.91. The van der Waals surface area contributed by atoms with Crippen molar-refractivity contribution >= 4 is 0 Å². The second-order valence-corrected chi connectivity index (χ2v) is 5.18. The maximum Gasteiger partial charge on any atom is 0.123 e. The minimum absolute atomic E-state index is 0.526. The van der Waals surface area contributed by atoms with E-state index in [9.17, 15) is 0 Å². The molecule has 2 heteroatoms. The molecule has 3 rings (SSSR count). The molecule has 0 saturated carbocycles. The molecular weight excluding hydrogens is 210 g/mol. The number of hydrogen-bond donors (Lipinski definition) is 1. The van der Waals surface area contributed by atoms with E-state index in [0.717, 1.165) is 12.3 Å². The van der Waals surface area contributed by atoms with Crippen molar-refractivity contribution < 1.29 is 4.74 Å². The van der Waals surface area contributed by atoms with Crippen LogP contribution in [0.4, 0.5) is 0 Å². The summed E-state index contributed by atoms with van der Waals surface area (Å²) in [7, 11) is 1.79. The van der Waals surface area contributed by atoms with E-state index in [4.69, 9.17) is 4.74 Å². The van der Waals surface area contributed by atoms with E-state index in [1.807, 2.05) is 0 Å². The number of rotatable bonds is 2. The van der Waals surface area contributed by atoms with Crippen molar-refractivity contribution in [2.24, 2.45) is 0 Å². The number of methoxy groups -OCH3 is 1. The molecule has 1 aromatic carbocycles. The van der Waals surface area contributed by atoms with Crippen molar-refractivity contribution in [2.75, 3.05) is 13.7 Å². The molecule has 92 valence electrons. The van der Waals surface area contributed by atoms with Crippen LogP contribution in [0, 0.1) is 0 Å². The topological polar surface area (TPSA) is 21.3 Å². The fourth-order valence-corrected chi connectivity index (χ4v) is 3.33. The number of fused-ring (bicyclic) bond motifs is 1. The van der Waals surface area contributed by atoms with Gasteiger partial charge in [-0.3, -0.25) is 0 Å². The number of benzene rings is 1. The largest absolute Gasteiger partial charge is 0.496 e. The normalized spacial score (nSPS) is 23.5. The second-order valence-electron chi connectivity index (χ2n) is 5.18. The summed E-state index contributed by atoms with van der Waals surface area (Å²) in [5.74, 6) is 1.09. The molecule has 1 fully saturated rings. The molecule has 1 saturated heterocycles. The molecule has 1 aliphatic heterocycles. The number of hydrogen-bond acceptors (Lipinski definition) is 2. The summed E-state index contributed by atoms with van der Waals surface area (Å²) in [5.41, 5.74) is 4.60. The lowest BCUT2D eigenvalue weighted by molar-refractivity contribution is 0.401. The lowest BCUT2D eigenvalue weighted by atomic mass is 9.85. The summed E-state index contributed by atoms with van der Waals surface area (Å²) in [5, 5.41) is 3.62. The standard InChI is InChI=1S/C15H21NO/c1-17-14-9-8-11-5-2-3-6-12(11)15(14)13-7-4-10-16-13/h8-9,13,16H,2-7,10H2,1H3/t13-/m0/s1. The third-order valence-corrected chi connectivity index (χ3v) is 4.17. The van der Waals surface area contributed by atoms with Crippen LogP contribution in [0.3, 0.4) is 0 Å². The van der Waals surface area contributed by atoms with Crippen molar-refractivity contribution in [1.82, 2.24) is 5.32 Å². The lowest BCUT2D eigenvalue weighted by Gasteiger charge is -2.25. The van der Waals surface area contributed by atoms with Crippen LogP contribution in [0.5, 0.6) is 5.75 Å². The summed E-state index contributed by atoms with van der Waals surface area (Å²) < 4.78 is 5.58. The smallest absolute Gasteiger partial charge is 0.123 e.